The molecule has 0 fully saturated rings. The van der Waals surface area contributed by atoms with Crippen LogP contribution in [0, 0.1) is 33.6 Å². The van der Waals surface area contributed by atoms with Crippen molar-refractivity contribution in [1.82, 2.24) is 0 Å². The monoisotopic (exact) mass is 893 g/mol. The second-order valence-electron chi connectivity index (χ2n) is 22.1. The fourth-order valence-corrected chi connectivity index (χ4v) is 10.3. The van der Waals surface area contributed by atoms with Crippen molar-refractivity contribution in [2.75, 3.05) is 9.80 Å². The molecule has 354 valence electrons. The zero-order chi connectivity index (χ0) is 49.0. The summed E-state index contributed by atoms with van der Waals surface area (Å²) in [7, 11) is 0. The molecule has 0 amide bonds. The molecule has 2 nitrogen and oxygen atoms in total. The number of hydrogen-bond donors (Lipinski definition) is 0. The molecule has 6 aromatic carbocycles. The molecular formula is C65H84N2. The molecule has 1 unspecified atom stereocenters. The summed E-state index contributed by atoms with van der Waals surface area (Å²) in [4.78, 5) is 4.95. The predicted molar refractivity (Wildman–Crippen MR) is 297 cm³/mol. The highest BCUT2D eigenvalue weighted by Gasteiger charge is 2.26. The van der Waals surface area contributed by atoms with Crippen LogP contribution in [0.3, 0.4) is 0 Å². The molecule has 6 rings (SSSR count). The van der Waals surface area contributed by atoms with Crippen LogP contribution in [-0.2, 0) is 22.7 Å². The predicted octanol–water partition coefficient (Wildman–Crippen LogP) is 18.2. The van der Waals surface area contributed by atoms with E-state index in [1.54, 1.807) is 0 Å². The summed E-state index contributed by atoms with van der Waals surface area (Å²) in [5.41, 5.74) is 20.4. The van der Waals surface area contributed by atoms with Gasteiger partial charge in [0.25, 0.3) is 0 Å². The third-order valence-electron chi connectivity index (χ3n) is 15.1. The molecule has 0 aromatic heterocycles. The van der Waals surface area contributed by atoms with Crippen molar-refractivity contribution >= 4 is 46.8 Å². The number of rotatable bonds is 16. The first-order valence-corrected chi connectivity index (χ1v) is 25.6. The van der Waals surface area contributed by atoms with Gasteiger partial charge in [-0.2, -0.15) is 0 Å². The van der Waals surface area contributed by atoms with Gasteiger partial charge in [-0.05, 0) is 197 Å². The summed E-state index contributed by atoms with van der Waals surface area (Å²) in [6.45, 7) is 41.3. The number of unbranched alkanes of at least 4 members (excludes halogenated alkanes) is 1. The maximum atomic E-state index is 4.56. The first kappa shape index (κ1) is 51.1. The largest absolute Gasteiger partial charge is 0.310 e. The minimum atomic E-state index is 0.0426. The van der Waals surface area contributed by atoms with Gasteiger partial charge in [0.1, 0.15) is 0 Å². The average Bonchev–Trinajstić information content (AvgIpc) is 3.29. The fraction of sp³-hybridized carbons (Fsp3) is 0.415. The normalized spacial score (nSPS) is 13.0. The zero-order valence-corrected chi connectivity index (χ0v) is 44.6. The van der Waals surface area contributed by atoms with Crippen molar-refractivity contribution in [3.63, 3.8) is 0 Å². The Balaban J connectivity index is 1.49. The highest BCUT2D eigenvalue weighted by Crippen LogP contribution is 2.45. The summed E-state index contributed by atoms with van der Waals surface area (Å²) < 4.78 is 0. The standard InChI is InChI=1S/C65H84N2/c1-18-23-24-49(19-2)42-52-43-51(37-44(6)60(52)20-3)50-25-29-56(30-26-50)66(61-45(7)38-54(39-46(61)8)63(11,12)13)58-33-35-59(36-34-58)67(57-31-27-53(28-32-57)65(17,21-4)22-5)62-47(9)40-55(41-48(62)10)64(14,15)16/h20,25-41,43,49H,6,18-19,21-24,42H2,1-5,7-17H3/b60-20+. The Morgan fingerprint density at radius 2 is 0.925 bits per heavy atom. The Hall–Kier alpha value is -5.34. The summed E-state index contributed by atoms with van der Waals surface area (Å²) in [5.74, 6) is 0.685. The molecule has 0 bridgehead atoms. The molecule has 0 spiro atoms. The molecule has 0 aliphatic rings. The van der Waals surface area contributed by atoms with Gasteiger partial charge < -0.3 is 9.80 Å². The summed E-state index contributed by atoms with van der Waals surface area (Å²) >= 11 is 0. The van der Waals surface area contributed by atoms with Crippen LogP contribution in [0.5, 0.6) is 0 Å². The van der Waals surface area contributed by atoms with Crippen LogP contribution in [0.2, 0.25) is 0 Å². The Morgan fingerprint density at radius 1 is 0.522 bits per heavy atom. The van der Waals surface area contributed by atoms with Gasteiger partial charge in [0.2, 0.25) is 0 Å². The number of benzene rings is 6. The van der Waals surface area contributed by atoms with Crippen molar-refractivity contribution in [1.29, 1.82) is 0 Å². The smallest absolute Gasteiger partial charge is 0.0520 e. The molecule has 0 aliphatic carbocycles. The second-order valence-corrected chi connectivity index (χ2v) is 22.1. The minimum absolute atomic E-state index is 0.0426. The van der Waals surface area contributed by atoms with Crippen LogP contribution in [0.1, 0.15) is 166 Å². The lowest BCUT2D eigenvalue weighted by molar-refractivity contribution is 0.439. The van der Waals surface area contributed by atoms with Gasteiger partial charge >= 0.3 is 0 Å². The van der Waals surface area contributed by atoms with Crippen LogP contribution in [0.4, 0.5) is 34.1 Å². The quantitative estimate of drug-likeness (QED) is 0.0955. The van der Waals surface area contributed by atoms with E-state index >= 15 is 0 Å². The SMILES string of the molecule is C=c1cc(-c2ccc(N(c3ccc(N(c4ccc(C(C)(CC)CC)cc4)c4c(C)cc(C(C)(C)C)cc4C)cc3)c3c(C)cc(C(C)(C)C)cc3C)cc2)cc(CC(CC)CCCC)/c1=C/C. The average molecular weight is 893 g/mol. The summed E-state index contributed by atoms with van der Waals surface area (Å²) in [5, 5.41) is 2.41. The van der Waals surface area contributed by atoms with E-state index in [1.165, 1.54) is 104 Å². The second kappa shape index (κ2) is 20.9. The van der Waals surface area contributed by atoms with Crippen LogP contribution in [0.15, 0.2) is 109 Å². The Labute approximate surface area is 407 Å². The molecule has 0 N–H and O–H groups in total. The van der Waals surface area contributed by atoms with E-state index in [0.717, 1.165) is 41.5 Å². The topological polar surface area (TPSA) is 6.48 Å². The molecule has 2 heteroatoms. The van der Waals surface area contributed by atoms with Crippen molar-refractivity contribution in [3.8, 4) is 11.1 Å². The van der Waals surface area contributed by atoms with Gasteiger partial charge in [0.15, 0.2) is 0 Å². The fourth-order valence-electron chi connectivity index (χ4n) is 10.3. The van der Waals surface area contributed by atoms with Crippen LogP contribution < -0.4 is 20.2 Å². The first-order chi connectivity index (χ1) is 31.7. The molecular weight excluding hydrogens is 809 g/mol. The summed E-state index contributed by atoms with van der Waals surface area (Å²) in [6, 6.07) is 42.3. The van der Waals surface area contributed by atoms with Crippen LogP contribution in [-0.4, -0.2) is 0 Å². The first-order valence-electron chi connectivity index (χ1n) is 25.6. The van der Waals surface area contributed by atoms with Crippen LogP contribution in [0.25, 0.3) is 23.8 Å². The number of anilines is 6. The van der Waals surface area contributed by atoms with Crippen molar-refractivity contribution < 1.29 is 0 Å². The number of hydrogen-bond acceptors (Lipinski definition) is 2. The molecule has 0 heterocycles. The van der Waals surface area contributed by atoms with Gasteiger partial charge in [0, 0.05) is 22.7 Å². The van der Waals surface area contributed by atoms with Gasteiger partial charge in [-0.3, -0.25) is 0 Å². The lowest BCUT2D eigenvalue weighted by Gasteiger charge is -2.33. The lowest BCUT2D eigenvalue weighted by atomic mass is 9.78. The Morgan fingerprint density at radius 3 is 1.28 bits per heavy atom. The molecule has 0 saturated carbocycles. The molecule has 0 radical (unpaired) electrons. The molecule has 6 aromatic rings. The van der Waals surface area contributed by atoms with E-state index in [1.807, 2.05) is 0 Å². The lowest BCUT2D eigenvalue weighted by Crippen LogP contribution is -2.28. The van der Waals surface area contributed by atoms with Gasteiger partial charge in [-0.25, -0.2) is 0 Å². The molecule has 1 atom stereocenters. The maximum Gasteiger partial charge on any atom is 0.0520 e. The Kier molecular flexibility index (Phi) is 15.9. The third kappa shape index (κ3) is 11.2. The maximum absolute atomic E-state index is 4.56. The van der Waals surface area contributed by atoms with Crippen molar-refractivity contribution in [3.05, 3.63) is 164 Å². The molecule has 0 aliphatic heterocycles. The van der Waals surface area contributed by atoms with Gasteiger partial charge in [0.05, 0.1) is 11.4 Å². The van der Waals surface area contributed by atoms with Gasteiger partial charge in [-0.1, -0.05) is 169 Å². The number of aryl methyl sites for hydroxylation is 4. The van der Waals surface area contributed by atoms with Gasteiger partial charge in [-0.15, -0.1) is 0 Å². The Bertz CT molecular complexity index is 2690. The molecule has 67 heavy (non-hydrogen) atoms. The van der Waals surface area contributed by atoms with E-state index in [4.69, 9.17) is 0 Å². The van der Waals surface area contributed by atoms with E-state index in [-0.39, 0.29) is 16.2 Å². The summed E-state index contributed by atoms with van der Waals surface area (Å²) in [6.07, 6.45) is 10.6. The highest BCUT2D eigenvalue weighted by molar-refractivity contribution is 5.85. The van der Waals surface area contributed by atoms with E-state index < -0.39 is 0 Å². The van der Waals surface area contributed by atoms with Crippen molar-refractivity contribution in [2.24, 2.45) is 5.92 Å². The van der Waals surface area contributed by atoms with E-state index in [2.05, 4.69) is 242 Å². The zero-order valence-electron chi connectivity index (χ0n) is 44.6. The van der Waals surface area contributed by atoms with E-state index in [0.29, 0.717) is 5.92 Å². The highest BCUT2D eigenvalue weighted by atomic mass is 15.2. The molecule has 0 saturated heterocycles. The van der Waals surface area contributed by atoms with E-state index in [9.17, 15) is 0 Å². The third-order valence-corrected chi connectivity index (χ3v) is 15.1. The van der Waals surface area contributed by atoms with Crippen LogP contribution >= 0.6 is 0 Å². The minimum Gasteiger partial charge on any atom is -0.310 e. The number of nitrogens with zero attached hydrogens (tertiary/aromatic N) is 2. The van der Waals surface area contributed by atoms with Crippen molar-refractivity contribution in [2.45, 2.75) is 172 Å².